The van der Waals surface area contributed by atoms with Crippen molar-refractivity contribution in [1.29, 1.82) is 0 Å². The van der Waals surface area contributed by atoms with Gasteiger partial charge >= 0.3 is 6.03 Å². The number of nitrogens with zero attached hydrogens (tertiary/aromatic N) is 5. The molecule has 1 aromatic heterocycles. The zero-order valence-electron chi connectivity index (χ0n) is 17.8. The highest BCUT2D eigenvalue weighted by Gasteiger charge is 2.44. The van der Waals surface area contributed by atoms with E-state index in [1.54, 1.807) is 0 Å². The number of anilines is 2. The molecule has 0 spiro atoms. The number of rotatable bonds is 4. The summed E-state index contributed by atoms with van der Waals surface area (Å²) >= 11 is 6.07. The molecule has 1 saturated heterocycles. The van der Waals surface area contributed by atoms with Crippen LogP contribution in [0.15, 0.2) is 41.5 Å². The summed E-state index contributed by atoms with van der Waals surface area (Å²) in [4.78, 5) is 29.2. The number of halogens is 1. The van der Waals surface area contributed by atoms with Crippen LogP contribution in [0.5, 0.6) is 0 Å². The molecule has 8 heteroatoms. The van der Waals surface area contributed by atoms with Crippen LogP contribution in [0.2, 0.25) is 5.02 Å². The highest BCUT2D eigenvalue weighted by atomic mass is 35.5. The van der Waals surface area contributed by atoms with Crippen molar-refractivity contribution in [3.63, 3.8) is 0 Å². The highest BCUT2D eigenvalue weighted by Crippen LogP contribution is 2.36. The molecule has 3 aliphatic rings. The number of fused-ring (bicyclic) bond motifs is 3. The number of aliphatic imine (C=N–C) groups is 1. The molecule has 4 heterocycles. The van der Waals surface area contributed by atoms with E-state index in [1.165, 1.54) is 0 Å². The lowest BCUT2D eigenvalue weighted by Gasteiger charge is -2.39. The quantitative estimate of drug-likeness (QED) is 0.727. The number of hydrogen-bond acceptors (Lipinski definition) is 5. The predicted octanol–water partition coefficient (Wildman–Crippen LogP) is 3.80. The van der Waals surface area contributed by atoms with Gasteiger partial charge in [-0.25, -0.2) is 9.78 Å². The van der Waals surface area contributed by atoms with Gasteiger partial charge in [0, 0.05) is 18.1 Å². The number of hydrogen-bond donors (Lipinski definition) is 0. The molecule has 5 rings (SSSR count). The van der Waals surface area contributed by atoms with Crippen molar-refractivity contribution in [2.45, 2.75) is 26.4 Å². The first kappa shape index (κ1) is 20.3. The molecule has 2 aromatic rings. The van der Waals surface area contributed by atoms with Gasteiger partial charge in [-0.2, -0.15) is 0 Å². The van der Waals surface area contributed by atoms with E-state index in [0.717, 1.165) is 35.7 Å². The number of carbonyl (C=O) groups is 1. The summed E-state index contributed by atoms with van der Waals surface area (Å²) in [5.41, 5.74) is 3.60. The van der Waals surface area contributed by atoms with Gasteiger partial charge in [-0.15, -0.1) is 0 Å². The fourth-order valence-electron chi connectivity index (χ4n) is 4.40. The Balaban J connectivity index is 1.57. The molecule has 1 unspecified atom stereocenters. The third-order valence-electron chi connectivity index (χ3n) is 6.18. The van der Waals surface area contributed by atoms with Gasteiger partial charge in [-0.05, 0) is 29.7 Å². The van der Waals surface area contributed by atoms with Crippen molar-refractivity contribution in [3.8, 4) is 0 Å². The van der Waals surface area contributed by atoms with Gasteiger partial charge in [0.2, 0.25) is 0 Å². The Morgan fingerprint density at radius 2 is 1.94 bits per heavy atom. The van der Waals surface area contributed by atoms with E-state index in [9.17, 15) is 4.79 Å². The Morgan fingerprint density at radius 1 is 1.19 bits per heavy atom. The largest absolute Gasteiger partial charge is 0.378 e. The maximum atomic E-state index is 13.7. The summed E-state index contributed by atoms with van der Waals surface area (Å²) < 4.78 is 5.49. The topological polar surface area (TPSA) is 61.3 Å². The van der Waals surface area contributed by atoms with E-state index in [4.69, 9.17) is 26.3 Å². The second-order valence-electron chi connectivity index (χ2n) is 8.50. The monoisotopic (exact) mass is 439 g/mol. The van der Waals surface area contributed by atoms with Gasteiger partial charge in [0.15, 0.2) is 5.84 Å². The first-order valence-electron chi connectivity index (χ1n) is 10.8. The average Bonchev–Trinajstić information content (AvgIpc) is 3.24. The summed E-state index contributed by atoms with van der Waals surface area (Å²) in [5, 5.41) is 0.680. The van der Waals surface area contributed by atoms with Crippen molar-refractivity contribution >= 4 is 34.8 Å². The Kier molecular flexibility index (Phi) is 5.32. The smallest absolute Gasteiger partial charge is 0.330 e. The summed E-state index contributed by atoms with van der Waals surface area (Å²) in [6, 6.07) is 9.71. The molecule has 162 valence electrons. The van der Waals surface area contributed by atoms with Crippen LogP contribution in [0.1, 0.15) is 25.1 Å². The van der Waals surface area contributed by atoms with E-state index < -0.39 is 0 Å². The molecule has 31 heavy (non-hydrogen) atoms. The second-order valence-corrected chi connectivity index (χ2v) is 8.94. The van der Waals surface area contributed by atoms with Crippen LogP contribution in [-0.2, 0) is 11.3 Å². The Labute approximate surface area is 187 Å². The van der Waals surface area contributed by atoms with Gasteiger partial charge in [0.05, 0.1) is 49.9 Å². The number of morpholine rings is 1. The van der Waals surface area contributed by atoms with Crippen LogP contribution in [-0.4, -0.2) is 60.6 Å². The minimum atomic E-state index is -0.0432. The number of carbonyl (C=O) groups excluding carboxylic acids is 1. The molecule has 0 N–H and O–H groups in total. The molecule has 1 fully saturated rings. The molecule has 0 aliphatic carbocycles. The van der Waals surface area contributed by atoms with Gasteiger partial charge in [-0.1, -0.05) is 37.6 Å². The highest BCUT2D eigenvalue weighted by molar-refractivity contribution is 6.30. The van der Waals surface area contributed by atoms with Crippen molar-refractivity contribution in [2.24, 2.45) is 10.9 Å². The van der Waals surface area contributed by atoms with Crippen LogP contribution in [0.25, 0.3) is 0 Å². The van der Waals surface area contributed by atoms with Crippen molar-refractivity contribution in [2.75, 3.05) is 42.6 Å². The number of aromatic nitrogens is 1. The lowest BCUT2D eigenvalue weighted by molar-refractivity contribution is 0.122. The molecule has 1 aromatic carbocycles. The Hall–Kier alpha value is -2.64. The summed E-state index contributed by atoms with van der Waals surface area (Å²) in [6.07, 6.45) is 1.89. The molecule has 0 bridgehead atoms. The lowest BCUT2D eigenvalue weighted by atomic mass is 10.0. The van der Waals surface area contributed by atoms with E-state index >= 15 is 0 Å². The van der Waals surface area contributed by atoms with Crippen LogP contribution < -0.4 is 9.80 Å². The van der Waals surface area contributed by atoms with Crippen molar-refractivity contribution in [3.05, 3.63) is 52.8 Å². The van der Waals surface area contributed by atoms with E-state index in [-0.39, 0.29) is 12.1 Å². The van der Waals surface area contributed by atoms with Gasteiger partial charge in [0.25, 0.3) is 0 Å². The summed E-state index contributed by atoms with van der Waals surface area (Å²) in [5.74, 6) is 0.997. The number of amidine groups is 1. The standard InChI is InChI=1S/C23H26ClN5O2/c1-15(2)20-13-26-22-21-19(11-18(12-25-21)27-7-9-31-10-8-27)28(23(30)29(20)22)14-16-3-5-17(24)6-4-16/h3-6,11-12,15,20H,7-10,13-14H2,1-2H3. The third kappa shape index (κ3) is 3.66. The second kappa shape index (κ2) is 8.13. The number of amides is 2. The fourth-order valence-corrected chi connectivity index (χ4v) is 4.52. The first-order valence-corrected chi connectivity index (χ1v) is 11.1. The molecule has 0 saturated carbocycles. The fraction of sp³-hybridized carbons (Fsp3) is 0.435. The molecular weight excluding hydrogens is 414 g/mol. The molecule has 0 radical (unpaired) electrons. The average molecular weight is 440 g/mol. The lowest BCUT2D eigenvalue weighted by Crippen LogP contribution is -2.54. The SMILES string of the molecule is CC(C)C1CN=C2c3ncc(N4CCOCC4)cc3N(Cc3ccc(Cl)cc3)C(=O)N21. The first-order chi connectivity index (χ1) is 15.0. The number of urea groups is 1. The van der Waals surface area contributed by atoms with E-state index in [0.29, 0.717) is 43.1 Å². The van der Waals surface area contributed by atoms with Crippen LogP contribution >= 0.6 is 11.6 Å². The maximum Gasteiger partial charge on any atom is 0.330 e. The Bertz CT molecular complexity index is 1020. The maximum absolute atomic E-state index is 13.7. The van der Waals surface area contributed by atoms with Crippen LogP contribution in [0.4, 0.5) is 16.2 Å². The predicted molar refractivity (Wildman–Crippen MR) is 122 cm³/mol. The minimum absolute atomic E-state index is 0.0432. The van der Waals surface area contributed by atoms with Crippen LogP contribution in [0.3, 0.4) is 0 Å². The minimum Gasteiger partial charge on any atom is -0.378 e. The molecular formula is C23H26ClN5O2. The van der Waals surface area contributed by atoms with Crippen molar-refractivity contribution < 1.29 is 9.53 Å². The van der Waals surface area contributed by atoms with Crippen LogP contribution in [0, 0.1) is 5.92 Å². The number of pyridine rings is 1. The van der Waals surface area contributed by atoms with Gasteiger partial charge in [0.1, 0.15) is 5.69 Å². The molecule has 1 atom stereocenters. The zero-order valence-corrected chi connectivity index (χ0v) is 18.5. The molecule has 7 nitrogen and oxygen atoms in total. The van der Waals surface area contributed by atoms with Gasteiger partial charge < -0.3 is 9.64 Å². The van der Waals surface area contributed by atoms with E-state index in [1.807, 2.05) is 40.3 Å². The summed E-state index contributed by atoms with van der Waals surface area (Å²) in [6.45, 7) is 8.34. The summed E-state index contributed by atoms with van der Waals surface area (Å²) in [7, 11) is 0. The zero-order chi connectivity index (χ0) is 21.5. The molecule has 2 amide bonds. The Morgan fingerprint density at radius 3 is 2.65 bits per heavy atom. The normalized spacial score (nSPS) is 20.8. The molecule has 3 aliphatic heterocycles. The third-order valence-corrected chi connectivity index (χ3v) is 6.43. The van der Waals surface area contributed by atoms with Gasteiger partial charge in [-0.3, -0.25) is 14.8 Å². The number of benzene rings is 1. The number of ether oxygens (including phenoxy) is 1. The van der Waals surface area contributed by atoms with Crippen molar-refractivity contribution in [1.82, 2.24) is 9.88 Å². The van der Waals surface area contributed by atoms with E-state index in [2.05, 4.69) is 24.8 Å².